The van der Waals surface area contributed by atoms with Crippen LogP contribution in [0.1, 0.15) is 42.6 Å². The minimum atomic E-state index is -0.903. The van der Waals surface area contributed by atoms with Gasteiger partial charge >= 0.3 is 5.97 Å². The Hall–Kier alpha value is -1.39. The Balaban J connectivity index is 2.08. The molecule has 104 valence electrons. The molecule has 4 nitrogen and oxygen atoms in total. The Morgan fingerprint density at radius 1 is 1.37 bits per heavy atom. The van der Waals surface area contributed by atoms with Gasteiger partial charge in [-0.05, 0) is 42.4 Å². The van der Waals surface area contributed by atoms with E-state index >= 15 is 0 Å². The van der Waals surface area contributed by atoms with E-state index in [1.165, 1.54) is 17.5 Å². The van der Waals surface area contributed by atoms with Crippen LogP contribution < -0.4 is 5.32 Å². The van der Waals surface area contributed by atoms with Crippen molar-refractivity contribution in [1.29, 1.82) is 0 Å². The molecule has 0 aliphatic heterocycles. The van der Waals surface area contributed by atoms with Gasteiger partial charge in [0.05, 0.1) is 12.6 Å². The lowest BCUT2D eigenvalue weighted by molar-refractivity contribution is -0.136. The van der Waals surface area contributed by atoms with Crippen LogP contribution in [-0.2, 0) is 17.6 Å². The van der Waals surface area contributed by atoms with Crippen LogP contribution in [0.25, 0.3) is 0 Å². The highest BCUT2D eigenvalue weighted by Gasteiger charge is 2.21. The van der Waals surface area contributed by atoms with Crippen molar-refractivity contribution in [3.05, 3.63) is 34.9 Å². The Bertz CT molecular complexity index is 459. The molecule has 0 bridgehead atoms. The minimum Gasteiger partial charge on any atom is -0.480 e. The van der Waals surface area contributed by atoms with Crippen LogP contribution in [0.3, 0.4) is 0 Å². The molecule has 2 rings (SSSR count). The van der Waals surface area contributed by atoms with Gasteiger partial charge in [-0.3, -0.25) is 4.79 Å². The first-order valence-corrected chi connectivity index (χ1v) is 6.86. The van der Waals surface area contributed by atoms with Gasteiger partial charge in [-0.15, -0.1) is 0 Å². The summed E-state index contributed by atoms with van der Waals surface area (Å²) < 4.78 is 0. The lowest BCUT2D eigenvalue weighted by Gasteiger charge is -2.23. The van der Waals surface area contributed by atoms with E-state index in [9.17, 15) is 9.90 Å². The van der Waals surface area contributed by atoms with Crippen molar-refractivity contribution >= 4 is 5.97 Å². The molecule has 0 spiro atoms. The predicted octanol–water partition coefficient (Wildman–Crippen LogP) is 1.66. The summed E-state index contributed by atoms with van der Waals surface area (Å²) in [4.78, 5) is 10.6. The summed E-state index contributed by atoms with van der Waals surface area (Å²) in [5.41, 5.74) is 3.58. The Kier molecular flexibility index (Phi) is 4.56. The molecule has 19 heavy (non-hydrogen) atoms. The van der Waals surface area contributed by atoms with Gasteiger partial charge in [0, 0.05) is 6.04 Å². The molecule has 4 heteroatoms. The van der Waals surface area contributed by atoms with Crippen LogP contribution in [0.2, 0.25) is 0 Å². The number of carbonyl (C=O) groups is 1. The summed E-state index contributed by atoms with van der Waals surface area (Å²) in [7, 11) is 0. The Morgan fingerprint density at radius 3 is 2.79 bits per heavy atom. The minimum absolute atomic E-state index is 0.124. The van der Waals surface area contributed by atoms with E-state index in [0.717, 1.165) is 18.4 Å². The third-order valence-electron chi connectivity index (χ3n) is 3.80. The van der Waals surface area contributed by atoms with E-state index < -0.39 is 12.1 Å². The molecule has 0 radical (unpaired) electrons. The summed E-state index contributed by atoms with van der Waals surface area (Å²) in [5.74, 6) is -0.903. The maximum atomic E-state index is 10.6. The highest BCUT2D eigenvalue weighted by Crippen LogP contribution is 2.27. The van der Waals surface area contributed by atoms with E-state index in [1.54, 1.807) is 0 Å². The molecule has 0 saturated heterocycles. The normalized spacial score (nSPS) is 16.9. The fraction of sp³-hybridized carbons (Fsp3) is 0.533. The molecule has 1 aliphatic carbocycles. The lowest BCUT2D eigenvalue weighted by Crippen LogP contribution is -2.37. The summed E-state index contributed by atoms with van der Waals surface area (Å²) >= 11 is 0. The van der Waals surface area contributed by atoms with E-state index in [4.69, 9.17) is 5.11 Å². The van der Waals surface area contributed by atoms with Crippen LogP contribution in [0.4, 0.5) is 0 Å². The number of aliphatic carboxylic acids is 1. The average Bonchev–Trinajstić information content (AvgIpc) is 2.85. The number of hydrogen-bond donors (Lipinski definition) is 3. The Labute approximate surface area is 113 Å². The van der Waals surface area contributed by atoms with Crippen molar-refractivity contribution in [1.82, 2.24) is 5.32 Å². The average molecular weight is 263 g/mol. The molecule has 3 N–H and O–H groups in total. The van der Waals surface area contributed by atoms with Gasteiger partial charge in [-0.2, -0.15) is 0 Å². The van der Waals surface area contributed by atoms with Crippen molar-refractivity contribution in [2.24, 2.45) is 0 Å². The first kappa shape index (κ1) is 14.0. The highest BCUT2D eigenvalue weighted by molar-refractivity contribution is 5.69. The smallest absolute Gasteiger partial charge is 0.317 e. The van der Waals surface area contributed by atoms with Gasteiger partial charge in [0.1, 0.15) is 0 Å². The number of aliphatic hydroxyl groups excluding tert-OH is 1. The van der Waals surface area contributed by atoms with E-state index in [0.29, 0.717) is 6.42 Å². The van der Waals surface area contributed by atoms with Gasteiger partial charge in [0.15, 0.2) is 0 Å². The van der Waals surface area contributed by atoms with Crippen molar-refractivity contribution in [2.45, 2.75) is 44.8 Å². The van der Waals surface area contributed by atoms with E-state index in [1.807, 2.05) is 13.0 Å². The van der Waals surface area contributed by atoms with Crippen molar-refractivity contribution in [2.75, 3.05) is 6.54 Å². The number of fused-ring (bicyclic) bond motifs is 1. The monoisotopic (exact) mass is 263 g/mol. The van der Waals surface area contributed by atoms with E-state index in [2.05, 4.69) is 17.4 Å². The number of rotatable bonds is 6. The zero-order valence-corrected chi connectivity index (χ0v) is 11.2. The first-order chi connectivity index (χ1) is 9.11. The fourth-order valence-electron chi connectivity index (χ4n) is 2.71. The molecule has 1 aromatic carbocycles. The first-order valence-electron chi connectivity index (χ1n) is 6.86. The molecule has 1 aromatic rings. The molecule has 2 unspecified atom stereocenters. The molecule has 0 aromatic heterocycles. The second-order valence-corrected chi connectivity index (χ2v) is 5.12. The van der Waals surface area contributed by atoms with Gasteiger partial charge in [0.2, 0.25) is 0 Å². The van der Waals surface area contributed by atoms with Gasteiger partial charge in [0.25, 0.3) is 0 Å². The van der Waals surface area contributed by atoms with Crippen LogP contribution >= 0.6 is 0 Å². The highest BCUT2D eigenvalue weighted by atomic mass is 16.4. The van der Waals surface area contributed by atoms with Crippen molar-refractivity contribution < 1.29 is 15.0 Å². The SMILES string of the molecule is CCC(NCC(=O)O)C(O)c1ccc2c(c1)CCC2. The van der Waals surface area contributed by atoms with Crippen LogP contribution in [-0.4, -0.2) is 28.8 Å². The summed E-state index contributed by atoms with van der Waals surface area (Å²) in [5, 5.41) is 21.9. The quantitative estimate of drug-likeness (QED) is 0.730. The topological polar surface area (TPSA) is 69.6 Å². The molecule has 0 fully saturated rings. The van der Waals surface area contributed by atoms with Gasteiger partial charge in [-0.25, -0.2) is 0 Å². The van der Waals surface area contributed by atoms with Crippen LogP contribution in [0.15, 0.2) is 18.2 Å². The summed E-state index contributed by atoms with van der Waals surface area (Å²) in [6.45, 7) is 1.82. The molecular formula is C15H21NO3. The third kappa shape index (κ3) is 3.33. The molecule has 0 heterocycles. The summed E-state index contributed by atoms with van der Waals surface area (Å²) in [6.07, 6.45) is 3.42. The molecule has 2 atom stereocenters. The summed E-state index contributed by atoms with van der Waals surface area (Å²) in [6, 6.07) is 5.89. The number of hydrogen-bond acceptors (Lipinski definition) is 3. The molecule has 1 aliphatic rings. The second kappa shape index (κ2) is 6.17. The van der Waals surface area contributed by atoms with Gasteiger partial charge < -0.3 is 15.5 Å². The number of aryl methyl sites for hydroxylation is 2. The largest absolute Gasteiger partial charge is 0.480 e. The number of carboxylic acids is 1. The van der Waals surface area contributed by atoms with Crippen LogP contribution in [0, 0.1) is 0 Å². The second-order valence-electron chi connectivity index (χ2n) is 5.12. The maximum Gasteiger partial charge on any atom is 0.317 e. The number of aliphatic hydroxyl groups is 1. The molecular weight excluding hydrogens is 242 g/mol. The van der Waals surface area contributed by atoms with Crippen molar-refractivity contribution in [3.63, 3.8) is 0 Å². The zero-order valence-electron chi connectivity index (χ0n) is 11.2. The molecule has 0 saturated carbocycles. The van der Waals surface area contributed by atoms with Crippen molar-refractivity contribution in [3.8, 4) is 0 Å². The number of carboxylic acid groups (broad SMARTS) is 1. The third-order valence-corrected chi connectivity index (χ3v) is 3.80. The van der Waals surface area contributed by atoms with Crippen LogP contribution in [0.5, 0.6) is 0 Å². The molecule has 0 amide bonds. The maximum absolute atomic E-state index is 10.6. The predicted molar refractivity (Wildman–Crippen MR) is 73.1 cm³/mol. The lowest BCUT2D eigenvalue weighted by atomic mass is 9.97. The zero-order chi connectivity index (χ0) is 13.8. The van der Waals surface area contributed by atoms with Gasteiger partial charge in [-0.1, -0.05) is 25.1 Å². The van der Waals surface area contributed by atoms with E-state index in [-0.39, 0.29) is 12.6 Å². The number of benzene rings is 1. The number of nitrogens with one attached hydrogen (secondary N) is 1. The fourth-order valence-corrected chi connectivity index (χ4v) is 2.71. The standard InChI is InChI=1S/C15H21NO3/c1-2-13(16-9-14(17)18)15(19)12-7-6-10-4-3-5-11(10)8-12/h6-8,13,15-16,19H,2-5,9H2,1H3,(H,17,18). The Morgan fingerprint density at radius 2 is 2.11 bits per heavy atom.